The average molecular weight is 271 g/mol. The van der Waals surface area contributed by atoms with Gasteiger partial charge in [-0.3, -0.25) is 0 Å². The summed E-state index contributed by atoms with van der Waals surface area (Å²) in [6, 6.07) is 12.8. The minimum atomic E-state index is 0.155. The molecule has 1 aromatic heterocycles. The van der Waals surface area contributed by atoms with E-state index in [0.29, 0.717) is 6.04 Å². The molecule has 3 heteroatoms. The smallest absolute Gasteiger partial charge is 0.138 e. The van der Waals surface area contributed by atoms with E-state index < -0.39 is 0 Å². The summed E-state index contributed by atoms with van der Waals surface area (Å²) in [5.74, 6) is 2.72. The van der Waals surface area contributed by atoms with Gasteiger partial charge in [0, 0.05) is 6.04 Å². The molecule has 106 valence electrons. The van der Waals surface area contributed by atoms with Crippen LogP contribution in [-0.2, 0) is 6.54 Å². The minimum absolute atomic E-state index is 0.155. The van der Waals surface area contributed by atoms with Crippen molar-refractivity contribution >= 4 is 0 Å². The number of furan rings is 1. The van der Waals surface area contributed by atoms with Crippen LogP contribution in [0.1, 0.15) is 32.4 Å². The fourth-order valence-corrected chi connectivity index (χ4v) is 2.18. The summed E-state index contributed by atoms with van der Waals surface area (Å²) in [6.07, 6.45) is 2.74. The fourth-order valence-electron chi connectivity index (χ4n) is 2.18. The normalized spacial score (nSPS) is 14.8. The third-order valence-corrected chi connectivity index (χ3v) is 3.32. The van der Waals surface area contributed by atoms with E-state index in [1.807, 2.05) is 50.2 Å². The lowest BCUT2D eigenvalue weighted by Gasteiger charge is -2.12. The predicted molar refractivity (Wildman–Crippen MR) is 79.8 cm³/mol. The number of para-hydroxylation sites is 1. The Morgan fingerprint density at radius 2 is 2.00 bits per heavy atom. The number of hydrogen-bond acceptors (Lipinski definition) is 3. The maximum atomic E-state index is 5.93. The van der Waals surface area contributed by atoms with Crippen molar-refractivity contribution in [2.45, 2.75) is 45.4 Å². The zero-order chi connectivity index (χ0) is 13.9. The van der Waals surface area contributed by atoms with Crippen LogP contribution < -0.4 is 10.1 Å². The van der Waals surface area contributed by atoms with Crippen molar-refractivity contribution in [1.82, 2.24) is 5.32 Å². The van der Waals surface area contributed by atoms with Gasteiger partial charge in [-0.25, -0.2) is 0 Å². The second kappa shape index (κ2) is 5.71. The molecule has 1 aromatic carbocycles. The molecule has 20 heavy (non-hydrogen) atoms. The Bertz CT molecular complexity index is 570. The van der Waals surface area contributed by atoms with Crippen molar-refractivity contribution in [3.63, 3.8) is 0 Å². The average Bonchev–Trinajstić information content (AvgIpc) is 3.14. The van der Waals surface area contributed by atoms with Gasteiger partial charge in [0.2, 0.25) is 0 Å². The SMILES string of the molecule is CC(C)Oc1ccccc1-c1ccc(CNC2CC2)o1. The molecule has 0 spiro atoms. The number of ether oxygens (including phenoxy) is 1. The van der Waals surface area contributed by atoms with E-state index in [1.54, 1.807) is 0 Å². The number of hydrogen-bond donors (Lipinski definition) is 1. The third kappa shape index (κ3) is 3.23. The van der Waals surface area contributed by atoms with Crippen LogP contribution in [0, 0.1) is 0 Å². The summed E-state index contributed by atoms with van der Waals surface area (Å²) in [5, 5.41) is 3.46. The zero-order valence-electron chi connectivity index (χ0n) is 12.1. The summed E-state index contributed by atoms with van der Waals surface area (Å²) in [4.78, 5) is 0. The second-order valence-electron chi connectivity index (χ2n) is 5.58. The van der Waals surface area contributed by atoms with E-state index >= 15 is 0 Å². The predicted octanol–water partition coefficient (Wildman–Crippen LogP) is 3.99. The van der Waals surface area contributed by atoms with Crippen LogP contribution >= 0.6 is 0 Å². The van der Waals surface area contributed by atoms with Crippen molar-refractivity contribution in [3.8, 4) is 17.1 Å². The second-order valence-corrected chi connectivity index (χ2v) is 5.58. The Morgan fingerprint density at radius 3 is 2.75 bits per heavy atom. The summed E-state index contributed by atoms with van der Waals surface area (Å²) < 4.78 is 11.8. The number of nitrogens with one attached hydrogen (secondary N) is 1. The Kier molecular flexibility index (Phi) is 3.79. The lowest BCUT2D eigenvalue weighted by atomic mass is 10.1. The van der Waals surface area contributed by atoms with Crippen LogP contribution in [-0.4, -0.2) is 12.1 Å². The zero-order valence-corrected chi connectivity index (χ0v) is 12.1. The molecule has 1 saturated carbocycles. The van der Waals surface area contributed by atoms with Gasteiger partial charge >= 0.3 is 0 Å². The van der Waals surface area contributed by atoms with Crippen LogP contribution in [0.25, 0.3) is 11.3 Å². The first kappa shape index (κ1) is 13.3. The topological polar surface area (TPSA) is 34.4 Å². The highest BCUT2D eigenvalue weighted by atomic mass is 16.5. The van der Waals surface area contributed by atoms with Crippen molar-refractivity contribution in [1.29, 1.82) is 0 Å². The molecule has 0 amide bonds. The van der Waals surface area contributed by atoms with Crippen LogP contribution in [0.4, 0.5) is 0 Å². The van der Waals surface area contributed by atoms with E-state index in [2.05, 4.69) is 5.32 Å². The van der Waals surface area contributed by atoms with Crippen LogP contribution in [0.3, 0.4) is 0 Å². The van der Waals surface area contributed by atoms with Crippen molar-refractivity contribution in [2.75, 3.05) is 0 Å². The highest BCUT2D eigenvalue weighted by Gasteiger charge is 2.20. The number of benzene rings is 1. The minimum Gasteiger partial charge on any atom is -0.490 e. The molecule has 3 rings (SSSR count). The van der Waals surface area contributed by atoms with Crippen molar-refractivity contribution < 1.29 is 9.15 Å². The Labute approximate surface area is 119 Å². The third-order valence-electron chi connectivity index (χ3n) is 3.32. The molecule has 0 atom stereocenters. The van der Waals surface area contributed by atoms with Gasteiger partial charge in [-0.15, -0.1) is 0 Å². The summed E-state index contributed by atoms with van der Waals surface area (Å²) in [6.45, 7) is 4.87. The molecule has 0 radical (unpaired) electrons. The molecule has 0 bridgehead atoms. The van der Waals surface area contributed by atoms with Gasteiger partial charge in [-0.1, -0.05) is 12.1 Å². The molecule has 0 aliphatic heterocycles. The molecule has 2 aromatic rings. The van der Waals surface area contributed by atoms with Gasteiger partial charge in [-0.2, -0.15) is 0 Å². The molecule has 1 N–H and O–H groups in total. The molecule has 0 saturated heterocycles. The van der Waals surface area contributed by atoms with Crippen LogP contribution in [0.5, 0.6) is 5.75 Å². The molecule has 3 nitrogen and oxygen atoms in total. The molecular weight excluding hydrogens is 250 g/mol. The first-order valence-corrected chi connectivity index (χ1v) is 7.30. The van der Waals surface area contributed by atoms with Gasteiger partial charge in [0.25, 0.3) is 0 Å². The van der Waals surface area contributed by atoms with E-state index in [4.69, 9.17) is 9.15 Å². The van der Waals surface area contributed by atoms with Crippen molar-refractivity contribution in [2.24, 2.45) is 0 Å². The highest BCUT2D eigenvalue weighted by molar-refractivity contribution is 5.65. The monoisotopic (exact) mass is 271 g/mol. The summed E-state index contributed by atoms with van der Waals surface area (Å²) in [7, 11) is 0. The Morgan fingerprint density at radius 1 is 1.20 bits per heavy atom. The Balaban J connectivity index is 1.77. The van der Waals surface area contributed by atoms with Gasteiger partial charge in [0.15, 0.2) is 0 Å². The van der Waals surface area contributed by atoms with Crippen molar-refractivity contribution in [3.05, 3.63) is 42.2 Å². The van der Waals surface area contributed by atoms with E-state index in [9.17, 15) is 0 Å². The van der Waals surface area contributed by atoms with E-state index in [0.717, 1.165) is 29.4 Å². The van der Waals surface area contributed by atoms with Gasteiger partial charge < -0.3 is 14.5 Å². The molecule has 0 unspecified atom stereocenters. The van der Waals surface area contributed by atoms with Crippen LogP contribution in [0.2, 0.25) is 0 Å². The van der Waals surface area contributed by atoms with Gasteiger partial charge in [0.1, 0.15) is 17.3 Å². The van der Waals surface area contributed by atoms with E-state index in [-0.39, 0.29) is 6.10 Å². The lowest BCUT2D eigenvalue weighted by Crippen LogP contribution is -2.14. The summed E-state index contributed by atoms with van der Waals surface area (Å²) >= 11 is 0. The Hall–Kier alpha value is -1.74. The lowest BCUT2D eigenvalue weighted by molar-refractivity contribution is 0.243. The maximum Gasteiger partial charge on any atom is 0.138 e. The maximum absolute atomic E-state index is 5.93. The molecule has 1 fully saturated rings. The molecular formula is C17H21NO2. The first-order valence-electron chi connectivity index (χ1n) is 7.30. The van der Waals surface area contributed by atoms with E-state index in [1.165, 1.54) is 12.8 Å². The number of rotatable bonds is 6. The van der Waals surface area contributed by atoms with Gasteiger partial charge in [-0.05, 0) is 51.0 Å². The first-order chi connectivity index (χ1) is 9.72. The summed E-state index contributed by atoms with van der Waals surface area (Å²) in [5.41, 5.74) is 1.01. The molecule has 1 aliphatic rings. The quantitative estimate of drug-likeness (QED) is 0.862. The standard InChI is InChI=1S/C17H21NO2/c1-12(2)19-16-6-4-3-5-15(16)17-10-9-14(20-17)11-18-13-7-8-13/h3-6,9-10,12-13,18H,7-8,11H2,1-2H3. The van der Waals surface area contributed by atoms with Crippen LogP contribution in [0.15, 0.2) is 40.8 Å². The molecule has 1 aliphatic carbocycles. The molecule has 1 heterocycles. The highest BCUT2D eigenvalue weighted by Crippen LogP contribution is 2.32. The fraction of sp³-hybridized carbons (Fsp3) is 0.412. The van der Waals surface area contributed by atoms with Gasteiger partial charge in [0.05, 0.1) is 18.2 Å². The largest absolute Gasteiger partial charge is 0.490 e.